The zero-order chi connectivity index (χ0) is 15.4. The molecule has 1 aliphatic carbocycles. The molecule has 1 atom stereocenters. The van der Waals surface area contributed by atoms with Gasteiger partial charge in [0.2, 0.25) is 0 Å². The minimum Gasteiger partial charge on any atom is -0.330 e. The van der Waals surface area contributed by atoms with Crippen LogP contribution in [0.15, 0.2) is 30.3 Å². The summed E-state index contributed by atoms with van der Waals surface area (Å²) in [6, 6.07) is 11.5. The Morgan fingerprint density at radius 2 is 1.71 bits per heavy atom. The number of aryl methyl sites for hydroxylation is 2. The minimum absolute atomic E-state index is 0.175. The van der Waals surface area contributed by atoms with E-state index in [2.05, 4.69) is 65.0 Å². The van der Waals surface area contributed by atoms with Gasteiger partial charge < -0.3 is 5.73 Å². The summed E-state index contributed by atoms with van der Waals surface area (Å²) in [4.78, 5) is 0. The molecule has 21 heavy (non-hydrogen) atoms. The van der Waals surface area contributed by atoms with Crippen molar-refractivity contribution in [1.29, 1.82) is 0 Å². The Bertz CT molecular complexity index is 705. The van der Waals surface area contributed by atoms with E-state index in [1.54, 1.807) is 0 Å². The second-order valence-corrected chi connectivity index (χ2v) is 7.38. The predicted molar refractivity (Wildman–Crippen MR) is 90.9 cm³/mol. The van der Waals surface area contributed by atoms with Crippen LogP contribution in [0.25, 0.3) is 11.1 Å². The molecule has 0 aliphatic heterocycles. The molecule has 0 amide bonds. The molecule has 0 spiro atoms. The quantitative estimate of drug-likeness (QED) is 0.806. The van der Waals surface area contributed by atoms with Crippen LogP contribution in [0.2, 0.25) is 0 Å². The van der Waals surface area contributed by atoms with Gasteiger partial charge in [-0.15, -0.1) is 0 Å². The molecule has 2 aromatic rings. The van der Waals surface area contributed by atoms with Crippen molar-refractivity contribution in [3.05, 3.63) is 58.1 Å². The van der Waals surface area contributed by atoms with Crippen LogP contribution < -0.4 is 5.73 Å². The van der Waals surface area contributed by atoms with Crippen LogP contribution in [0.4, 0.5) is 0 Å². The fraction of sp³-hybridized carbons (Fsp3) is 0.400. The molecular weight excluding hydrogens is 254 g/mol. The zero-order valence-corrected chi connectivity index (χ0v) is 13.7. The predicted octanol–water partition coefficient (Wildman–Crippen LogP) is 4.67. The number of nitrogens with two attached hydrogens (primary N) is 1. The van der Waals surface area contributed by atoms with E-state index in [-0.39, 0.29) is 5.41 Å². The highest BCUT2D eigenvalue weighted by Gasteiger charge is 2.30. The highest BCUT2D eigenvalue weighted by Crippen LogP contribution is 2.47. The van der Waals surface area contributed by atoms with Gasteiger partial charge in [-0.1, -0.05) is 56.7 Å². The Morgan fingerprint density at radius 3 is 2.33 bits per heavy atom. The summed E-state index contributed by atoms with van der Waals surface area (Å²) in [6.45, 7) is 11.9. The standard InChI is InChI=1S/C20H25N/c1-12-8-13(2)19-17(9-12)15-7-6-14(20(3,4)5)10-16(15)18(19)11-21/h6-10,18H,11,21H2,1-5H3. The summed E-state index contributed by atoms with van der Waals surface area (Å²) < 4.78 is 0. The molecule has 3 rings (SSSR count). The number of rotatable bonds is 1. The van der Waals surface area contributed by atoms with Crippen molar-refractivity contribution in [2.24, 2.45) is 5.73 Å². The van der Waals surface area contributed by atoms with Gasteiger partial charge in [0.1, 0.15) is 0 Å². The fourth-order valence-electron chi connectivity index (χ4n) is 3.63. The van der Waals surface area contributed by atoms with E-state index in [4.69, 9.17) is 5.73 Å². The molecule has 0 heterocycles. The van der Waals surface area contributed by atoms with Gasteiger partial charge in [0, 0.05) is 12.5 Å². The van der Waals surface area contributed by atoms with Crippen LogP contribution in [0, 0.1) is 13.8 Å². The van der Waals surface area contributed by atoms with Crippen molar-refractivity contribution in [2.45, 2.75) is 46.0 Å². The van der Waals surface area contributed by atoms with Crippen LogP contribution in [0.3, 0.4) is 0 Å². The van der Waals surface area contributed by atoms with E-state index < -0.39 is 0 Å². The van der Waals surface area contributed by atoms with E-state index in [1.165, 1.54) is 38.9 Å². The van der Waals surface area contributed by atoms with Gasteiger partial charge in [0.15, 0.2) is 0 Å². The van der Waals surface area contributed by atoms with Crippen molar-refractivity contribution in [1.82, 2.24) is 0 Å². The lowest BCUT2D eigenvalue weighted by Crippen LogP contribution is -2.15. The third kappa shape index (κ3) is 2.20. The van der Waals surface area contributed by atoms with Gasteiger partial charge in [-0.05, 0) is 52.6 Å². The average Bonchev–Trinajstić information content (AvgIpc) is 2.71. The monoisotopic (exact) mass is 279 g/mol. The molecular formula is C20H25N. The lowest BCUT2D eigenvalue weighted by molar-refractivity contribution is 0.589. The van der Waals surface area contributed by atoms with Gasteiger partial charge in [0.25, 0.3) is 0 Å². The lowest BCUT2D eigenvalue weighted by Gasteiger charge is -2.21. The first kappa shape index (κ1) is 14.3. The van der Waals surface area contributed by atoms with Crippen LogP contribution in [0.1, 0.15) is 54.5 Å². The summed E-state index contributed by atoms with van der Waals surface area (Å²) in [7, 11) is 0. The van der Waals surface area contributed by atoms with E-state index in [0.717, 1.165) is 0 Å². The van der Waals surface area contributed by atoms with Gasteiger partial charge in [0.05, 0.1) is 0 Å². The molecule has 0 radical (unpaired) electrons. The van der Waals surface area contributed by atoms with Crippen LogP contribution in [-0.4, -0.2) is 6.54 Å². The van der Waals surface area contributed by atoms with Crippen molar-refractivity contribution in [2.75, 3.05) is 6.54 Å². The minimum atomic E-state index is 0.175. The topological polar surface area (TPSA) is 26.0 Å². The summed E-state index contributed by atoms with van der Waals surface area (Å²) in [5.74, 6) is 0.345. The van der Waals surface area contributed by atoms with Crippen molar-refractivity contribution in [3.63, 3.8) is 0 Å². The third-order valence-corrected chi connectivity index (χ3v) is 4.70. The smallest absolute Gasteiger partial charge is 0.0227 e. The molecule has 0 saturated heterocycles. The SMILES string of the molecule is Cc1cc(C)c2c(c1)-c1ccc(C(C)(C)C)cc1C2CN. The van der Waals surface area contributed by atoms with Crippen LogP contribution in [-0.2, 0) is 5.41 Å². The van der Waals surface area contributed by atoms with Gasteiger partial charge in [-0.2, -0.15) is 0 Å². The molecule has 110 valence electrons. The second kappa shape index (κ2) is 4.71. The first-order valence-corrected chi connectivity index (χ1v) is 7.79. The molecule has 0 bridgehead atoms. The molecule has 1 heteroatoms. The average molecular weight is 279 g/mol. The summed E-state index contributed by atoms with van der Waals surface area (Å²) in [5.41, 5.74) is 16.0. The third-order valence-electron chi connectivity index (χ3n) is 4.70. The fourth-order valence-corrected chi connectivity index (χ4v) is 3.63. The Labute approximate surface area is 128 Å². The van der Waals surface area contributed by atoms with Gasteiger partial charge in [-0.25, -0.2) is 0 Å². The maximum atomic E-state index is 6.13. The highest BCUT2D eigenvalue weighted by molar-refractivity contribution is 5.81. The molecule has 2 N–H and O–H groups in total. The van der Waals surface area contributed by atoms with E-state index in [9.17, 15) is 0 Å². The molecule has 1 unspecified atom stereocenters. The number of benzene rings is 2. The van der Waals surface area contributed by atoms with Gasteiger partial charge in [-0.3, -0.25) is 0 Å². The summed E-state index contributed by atoms with van der Waals surface area (Å²) in [6.07, 6.45) is 0. The normalized spacial score (nSPS) is 16.8. The van der Waals surface area contributed by atoms with Crippen LogP contribution >= 0.6 is 0 Å². The van der Waals surface area contributed by atoms with Crippen molar-refractivity contribution in [3.8, 4) is 11.1 Å². The summed E-state index contributed by atoms with van der Waals surface area (Å²) in [5, 5.41) is 0. The Kier molecular flexibility index (Phi) is 3.22. The Morgan fingerprint density at radius 1 is 1.00 bits per heavy atom. The van der Waals surface area contributed by atoms with Crippen molar-refractivity contribution >= 4 is 0 Å². The molecule has 0 saturated carbocycles. The second-order valence-electron chi connectivity index (χ2n) is 7.38. The zero-order valence-electron chi connectivity index (χ0n) is 13.7. The maximum absolute atomic E-state index is 6.13. The van der Waals surface area contributed by atoms with Crippen LogP contribution in [0.5, 0.6) is 0 Å². The summed E-state index contributed by atoms with van der Waals surface area (Å²) >= 11 is 0. The van der Waals surface area contributed by atoms with E-state index >= 15 is 0 Å². The maximum Gasteiger partial charge on any atom is 0.0227 e. The number of hydrogen-bond donors (Lipinski definition) is 1. The molecule has 0 fully saturated rings. The lowest BCUT2D eigenvalue weighted by atomic mass is 9.84. The Hall–Kier alpha value is -1.60. The van der Waals surface area contributed by atoms with Gasteiger partial charge >= 0.3 is 0 Å². The van der Waals surface area contributed by atoms with Crippen molar-refractivity contribution < 1.29 is 0 Å². The molecule has 1 nitrogen and oxygen atoms in total. The first-order valence-electron chi connectivity index (χ1n) is 7.79. The highest BCUT2D eigenvalue weighted by atomic mass is 14.6. The molecule has 0 aromatic heterocycles. The van der Waals surface area contributed by atoms with E-state index in [1.807, 2.05) is 0 Å². The number of fused-ring (bicyclic) bond motifs is 3. The number of hydrogen-bond acceptors (Lipinski definition) is 1. The molecule has 1 aliphatic rings. The Balaban J connectivity index is 2.26. The molecule has 2 aromatic carbocycles. The first-order chi connectivity index (χ1) is 9.82. The van der Waals surface area contributed by atoms with E-state index in [0.29, 0.717) is 12.5 Å². The largest absolute Gasteiger partial charge is 0.330 e.